The number of halogens is 2. The summed E-state index contributed by atoms with van der Waals surface area (Å²) in [6.07, 6.45) is 0. The maximum atomic E-state index is 11.8. The zero-order valence-electron chi connectivity index (χ0n) is 14.3. The van der Waals surface area contributed by atoms with Crippen LogP contribution in [0.5, 0.6) is 0 Å². The lowest BCUT2D eigenvalue weighted by atomic mass is 10.1. The van der Waals surface area contributed by atoms with E-state index in [0.717, 1.165) is 5.56 Å². The molecule has 0 aliphatic heterocycles. The summed E-state index contributed by atoms with van der Waals surface area (Å²) in [6, 6.07) is 11.4. The summed E-state index contributed by atoms with van der Waals surface area (Å²) < 4.78 is 0. The summed E-state index contributed by atoms with van der Waals surface area (Å²) >= 11 is 11.7. The monoisotopic (exact) mass is 389 g/mol. The van der Waals surface area contributed by atoms with Crippen LogP contribution < -0.4 is 10.6 Å². The number of nitrogens with zero attached hydrogens (tertiary/aromatic N) is 1. The van der Waals surface area contributed by atoms with Crippen LogP contribution in [0, 0.1) is 11.8 Å². The fraction of sp³-hybridized carbons (Fsp3) is 0.158. The van der Waals surface area contributed by atoms with E-state index in [1.54, 1.807) is 56.6 Å². The van der Waals surface area contributed by atoms with Gasteiger partial charge in [0.15, 0.2) is 0 Å². The molecule has 0 fully saturated rings. The zero-order valence-corrected chi connectivity index (χ0v) is 15.8. The second-order valence-electron chi connectivity index (χ2n) is 5.52. The van der Waals surface area contributed by atoms with Crippen molar-refractivity contribution in [1.29, 1.82) is 0 Å². The Kier molecular flexibility index (Phi) is 6.90. The summed E-state index contributed by atoms with van der Waals surface area (Å²) in [6.45, 7) is 0.172. The fourth-order valence-electron chi connectivity index (χ4n) is 1.97. The molecule has 3 amide bonds. The SMILES string of the molecule is CN(C)C(=O)c1ccc(C#CCNC(=O)Nc2ccc(Cl)c(Cl)c2)cc1. The molecule has 2 rings (SSSR count). The van der Waals surface area contributed by atoms with Crippen molar-refractivity contribution in [1.82, 2.24) is 10.2 Å². The molecule has 0 saturated carbocycles. The van der Waals surface area contributed by atoms with E-state index in [0.29, 0.717) is 21.3 Å². The molecule has 134 valence electrons. The Balaban J connectivity index is 1.85. The molecule has 0 bridgehead atoms. The molecular weight excluding hydrogens is 373 g/mol. The quantitative estimate of drug-likeness (QED) is 0.782. The molecule has 0 unspecified atom stereocenters. The van der Waals surface area contributed by atoms with E-state index in [1.165, 1.54) is 4.90 Å². The summed E-state index contributed by atoms with van der Waals surface area (Å²) in [5.41, 5.74) is 1.89. The van der Waals surface area contributed by atoms with E-state index >= 15 is 0 Å². The van der Waals surface area contributed by atoms with Gasteiger partial charge in [0.2, 0.25) is 0 Å². The molecule has 2 aromatic carbocycles. The first kappa shape index (κ1) is 19.6. The van der Waals surface area contributed by atoms with Crippen molar-refractivity contribution in [2.45, 2.75) is 0 Å². The topological polar surface area (TPSA) is 61.4 Å². The van der Waals surface area contributed by atoms with E-state index in [4.69, 9.17) is 23.2 Å². The predicted molar refractivity (Wildman–Crippen MR) is 105 cm³/mol. The van der Waals surface area contributed by atoms with Gasteiger partial charge in [-0.25, -0.2) is 4.79 Å². The number of carbonyl (C=O) groups is 2. The van der Waals surface area contributed by atoms with E-state index in [1.807, 2.05) is 0 Å². The summed E-state index contributed by atoms with van der Waals surface area (Å²) in [7, 11) is 3.40. The molecular formula is C19H17Cl2N3O2. The molecule has 0 radical (unpaired) electrons. The maximum absolute atomic E-state index is 11.8. The Bertz CT molecular complexity index is 869. The van der Waals surface area contributed by atoms with Crippen molar-refractivity contribution in [3.05, 3.63) is 63.6 Å². The number of hydrogen-bond acceptors (Lipinski definition) is 2. The van der Waals surface area contributed by atoms with E-state index in [2.05, 4.69) is 22.5 Å². The van der Waals surface area contributed by atoms with Gasteiger partial charge in [-0.1, -0.05) is 35.0 Å². The Morgan fingerprint density at radius 1 is 1.04 bits per heavy atom. The highest BCUT2D eigenvalue weighted by molar-refractivity contribution is 6.42. The Morgan fingerprint density at radius 3 is 2.35 bits per heavy atom. The average Bonchev–Trinajstić information content (AvgIpc) is 2.61. The molecule has 0 saturated heterocycles. The van der Waals surface area contributed by atoms with Crippen LogP contribution in [-0.4, -0.2) is 37.5 Å². The second kappa shape index (κ2) is 9.14. The minimum atomic E-state index is -0.399. The third-order valence-electron chi connectivity index (χ3n) is 3.29. The Morgan fingerprint density at radius 2 is 1.73 bits per heavy atom. The van der Waals surface area contributed by atoms with Crippen LogP contribution in [0.4, 0.5) is 10.5 Å². The molecule has 2 aromatic rings. The first-order valence-electron chi connectivity index (χ1n) is 7.67. The highest BCUT2D eigenvalue weighted by Gasteiger charge is 2.06. The van der Waals surface area contributed by atoms with Crippen molar-refractivity contribution >= 4 is 40.8 Å². The lowest BCUT2D eigenvalue weighted by Gasteiger charge is -2.09. The highest BCUT2D eigenvalue weighted by atomic mass is 35.5. The van der Waals surface area contributed by atoms with Gasteiger partial charge in [0.25, 0.3) is 5.91 Å². The molecule has 0 aromatic heterocycles. The van der Waals surface area contributed by atoms with Gasteiger partial charge in [-0.05, 0) is 42.5 Å². The van der Waals surface area contributed by atoms with Crippen molar-refractivity contribution in [2.24, 2.45) is 0 Å². The third-order valence-corrected chi connectivity index (χ3v) is 4.02. The van der Waals surface area contributed by atoms with Crippen LogP contribution in [-0.2, 0) is 0 Å². The molecule has 0 atom stereocenters. The third kappa shape index (κ3) is 5.69. The van der Waals surface area contributed by atoms with Gasteiger partial charge in [-0.15, -0.1) is 0 Å². The van der Waals surface area contributed by atoms with Crippen LogP contribution in [0.15, 0.2) is 42.5 Å². The summed E-state index contributed by atoms with van der Waals surface area (Å²) in [5.74, 6) is 5.70. The predicted octanol–water partition coefficient (Wildman–Crippen LogP) is 3.87. The van der Waals surface area contributed by atoms with Crippen LogP contribution in [0.25, 0.3) is 0 Å². The average molecular weight is 390 g/mol. The fourth-order valence-corrected chi connectivity index (χ4v) is 2.27. The standard InChI is InChI=1S/C19H17Cl2N3O2/c1-24(2)18(25)14-7-5-13(6-8-14)4-3-11-22-19(26)23-15-9-10-16(20)17(21)12-15/h5-10,12H,11H2,1-2H3,(H2,22,23,26). The van der Waals surface area contributed by atoms with Gasteiger partial charge in [-0.2, -0.15) is 0 Å². The lowest BCUT2D eigenvalue weighted by Crippen LogP contribution is -2.28. The Hall–Kier alpha value is -2.68. The van der Waals surface area contributed by atoms with Crippen LogP contribution in [0.3, 0.4) is 0 Å². The smallest absolute Gasteiger partial charge is 0.319 e. The van der Waals surface area contributed by atoms with Crippen molar-refractivity contribution in [2.75, 3.05) is 26.0 Å². The van der Waals surface area contributed by atoms with Gasteiger partial charge in [-0.3, -0.25) is 4.79 Å². The van der Waals surface area contributed by atoms with Crippen molar-refractivity contribution in [3.8, 4) is 11.8 Å². The van der Waals surface area contributed by atoms with E-state index in [9.17, 15) is 9.59 Å². The van der Waals surface area contributed by atoms with Crippen LogP contribution >= 0.6 is 23.2 Å². The number of anilines is 1. The molecule has 5 nitrogen and oxygen atoms in total. The van der Waals surface area contributed by atoms with Crippen LogP contribution in [0.1, 0.15) is 15.9 Å². The molecule has 0 spiro atoms. The lowest BCUT2D eigenvalue weighted by molar-refractivity contribution is 0.0827. The van der Waals surface area contributed by atoms with Gasteiger partial charge < -0.3 is 15.5 Å². The number of nitrogens with one attached hydrogen (secondary N) is 2. The van der Waals surface area contributed by atoms with E-state index in [-0.39, 0.29) is 12.5 Å². The van der Waals surface area contributed by atoms with Gasteiger partial charge >= 0.3 is 6.03 Å². The first-order valence-corrected chi connectivity index (χ1v) is 8.43. The largest absolute Gasteiger partial charge is 0.345 e. The number of urea groups is 1. The number of rotatable bonds is 3. The molecule has 0 aliphatic carbocycles. The van der Waals surface area contributed by atoms with Gasteiger partial charge in [0.05, 0.1) is 16.6 Å². The molecule has 7 heteroatoms. The number of hydrogen-bond donors (Lipinski definition) is 2. The van der Waals surface area contributed by atoms with Gasteiger partial charge in [0, 0.05) is 30.9 Å². The first-order chi connectivity index (χ1) is 12.4. The molecule has 2 N–H and O–H groups in total. The number of amides is 3. The zero-order chi connectivity index (χ0) is 19.1. The molecule has 26 heavy (non-hydrogen) atoms. The summed E-state index contributed by atoms with van der Waals surface area (Å²) in [4.78, 5) is 25.1. The second-order valence-corrected chi connectivity index (χ2v) is 6.33. The highest BCUT2D eigenvalue weighted by Crippen LogP contribution is 2.24. The van der Waals surface area contributed by atoms with Crippen LogP contribution in [0.2, 0.25) is 10.0 Å². The molecule has 0 aliphatic rings. The minimum Gasteiger partial charge on any atom is -0.345 e. The molecule has 0 heterocycles. The van der Waals surface area contributed by atoms with Crippen molar-refractivity contribution < 1.29 is 9.59 Å². The van der Waals surface area contributed by atoms with E-state index < -0.39 is 6.03 Å². The van der Waals surface area contributed by atoms with Crippen molar-refractivity contribution in [3.63, 3.8) is 0 Å². The normalized spacial score (nSPS) is 9.69. The maximum Gasteiger partial charge on any atom is 0.319 e. The number of carbonyl (C=O) groups excluding carboxylic acids is 2. The minimum absolute atomic E-state index is 0.0647. The number of benzene rings is 2. The summed E-state index contributed by atoms with van der Waals surface area (Å²) in [5, 5.41) is 6.04. The Labute approximate surface area is 162 Å². The van der Waals surface area contributed by atoms with Gasteiger partial charge in [0.1, 0.15) is 0 Å².